The van der Waals surface area contributed by atoms with Crippen LogP contribution in [0.25, 0.3) is 0 Å². The van der Waals surface area contributed by atoms with E-state index in [0.29, 0.717) is 18.4 Å². The van der Waals surface area contributed by atoms with E-state index in [1.807, 2.05) is 0 Å². The van der Waals surface area contributed by atoms with Gasteiger partial charge in [0, 0.05) is 13.2 Å². The second kappa shape index (κ2) is 4.25. The van der Waals surface area contributed by atoms with Crippen LogP contribution in [0, 0.1) is 11.8 Å². The number of nitrogens with one attached hydrogen (secondary N) is 1. The number of aliphatic carboxylic acids is 1. The second-order valence-corrected chi connectivity index (χ2v) is 5.87. The molecule has 4 nitrogen and oxygen atoms in total. The molecule has 2 N–H and O–H groups in total. The van der Waals surface area contributed by atoms with Gasteiger partial charge in [0.2, 0.25) is 0 Å². The number of carboxylic acid groups (broad SMARTS) is 1. The van der Waals surface area contributed by atoms with Crippen molar-refractivity contribution in [3.05, 3.63) is 0 Å². The largest absolute Gasteiger partial charge is 0.480 e. The SMILES string of the molecule is O=C(O)C1(NCC2CCCO2)CC2CCC1C2. The molecule has 0 aromatic rings. The summed E-state index contributed by atoms with van der Waals surface area (Å²) in [6.45, 7) is 1.54. The van der Waals surface area contributed by atoms with Crippen molar-refractivity contribution in [1.29, 1.82) is 0 Å². The van der Waals surface area contributed by atoms with Gasteiger partial charge < -0.3 is 9.84 Å². The van der Waals surface area contributed by atoms with Crippen LogP contribution >= 0.6 is 0 Å². The third-order valence-electron chi connectivity index (χ3n) is 4.90. The first-order valence-corrected chi connectivity index (χ1v) is 6.81. The molecule has 2 bridgehead atoms. The van der Waals surface area contributed by atoms with Gasteiger partial charge in [0.1, 0.15) is 5.54 Å². The highest BCUT2D eigenvalue weighted by Crippen LogP contribution is 2.50. The first kappa shape index (κ1) is 11.5. The quantitative estimate of drug-likeness (QED) is 0.778. The summed E-state index contributed by atoms with van der Waals surface area (Å²) in [6.07, 6.45) is 6.63. The van der Waals surface area contributed by atoms with Crippen molar-refractivity contribution in [1.82, 2.24) is 5.32 Å². The van der Waals surface area contributed by atoms with Crippen LogP contribution in [0.5, 0.6) is 0 Å². The zero-order valence-electron chi connectivity index (χ0n) is 10.2. The number of carboxylic acids is 1. The van der Waals surface area contributed by atoms with Crippen molar-refractivity contribution < 1.29 is 14.6 Å². The Morgan fingerprint density at radius 3 is 2.82 bits per heavy atom. The van der Waals surface area contributed by atoms with Crippen molar-refractivity contribution >= 4 is 5.97 Å². The van der Waals surface area contributed by atoms with Crippen LogP contribution in [0.3, 0.4) is 0 Å². The van der Waals surface area contributed by atoms with E-state index in [9.17, 15) is 9.90 Å². The van der Waals surface area contributed by atoms with Crippen LogP contribution in [0.2, 0.25) is 0 Å². The highest BCUT2D eigenvalue weighted by atomic mass is 16.5. The summed E-state index contributed by atoms with van der Waals surface area (Å²) >= 11 is 0. The van der Waals surface area contributed by atoms with Crippen molar-refractivity contribution in [2.24, 2.45) is 11.8 Å². The highest BCUT2D eigenvalue weighted by molar-refractivity contribution is 5.80. The van der Waals surface area contributed by atoms with Gasteiger partial charge in [0.15, 0.2) is 0 Å². The minimum Gasteiger partial charge on any atom is -0.480 e. The Balaban J connectivity index is 1.66. The van der Waals surface area contributed by atoms with Crippen LogP contribution in [-0.2, 0) is 9.53 Å². The molecule has 0 radical (unpaired) electrons. The Morgan fingerprint density at radius 1 is 1.41 bits per heavy atom. The van der Waals surface area contributed by atoms with Gasteiger partial charge in [-0.25, -0.2) is 0 Å². The van der Waals surface area contributed by atoms with E-state index in [-0.39, 0.29) is 6.10 Å². The number of ether oxygens (including phenoxy) is 1. The number of fused-ring (bicyclic) bond motifs is 2. The summed E-state index contributed by atoms with van der Waals surface area (Å²) in [4.78, 5) is 11.6. The van der Waals surface area contributed by atoms with Crippen LogP contribution in [-0.4, -0.2) is 35.9 Å². The number of hydrogen-bond donors (Lipinski definition) is 2. The van der Waals surface area contributed by atoms with Crippen LogP contribution < -0.4 is 5.32 Å². The predicted octanol–water partition coefficient (Wildman–Crippen LogP) is 1.40. The average Bonchev–Trinajstić information content (AvgIpc) is 3.02. The van der Waals surface area contributed by atoms with Crippen molar-refractivity contribution in [3.8, 4) is 0 Å². The summed E-state index contributed by atoms with van der Waals surface area (Å²) in [6, 6.07) is 0. The third kappa shape index (κ3) is 1.87. The third-order valence-corrected chi connectivity index (χ3v) is 4.90. The molecule has 4 heteroatoms. The molecule has 0 spiro atoms. The Kier molecular flexibility index (Phi) is 2.87. The molecule has 2 saturated carbocycles. The van der Waals surface area contributed by atoms with Gasteiger partial charge in [-0.1, -0.05) is 6.42 Å². The Labute approximate surface area is 102 Å². The lowest BCUT2D eigenvalue weighted by atomic mass is 9.81. The lowest BCUT2D eigenvalue weighted by Crippen LogP contribution is -2.57. The van der Waals surface area contributed by atoms with E-state index >= 15 is 0 Å². The number of carbonyl (C=O) groups is 1. The standard InChI is InChI=1S/C13H21NO3/c15-12(16)13(7-9-3-4-10(13)6-9)14-8-11-2-1-5-17-11/h9-11,14H,1-8H2,(H,15,16). The van der Waals surface area contributed by atoms with E-state index in [2.05, 4.69) is 5.32 Å². The number of hydrogen-bond acceptors (Lipinski definition) is 3. The normalized spacial score (nSPS) is 44.4. The summed E-state index contributed by atoms with van der Waals surface area (Å²) in [7, 11) is 0. The topological polar surface area (TPSA) is 58.6 Å². The predicted molar refractivity (Wildman–Crippen MR) is 62.8 cm³/mol. The van der Waals surface area contributed by atoms with Gasteiger partial charge in [0.25, 0.3) is 0 Å². The van der Waals surface area contributed by atoms with E-state index in [1.54, 1.807) is 0 Å². The molecular weight excluding hydrogens is 218 g/mol. The van der Waals surface area contributed by atoms with Gasteiger partial charge in [0.05, 0.1) is 6.10 Å². The molecule has 3 aliphatic rings. The van der Waals surface area contributed by atoms with E-state index in [4.69, 9.17) is 4.74 Å². The van der Waals surface area contributed by atoms with E-state index in [0.717, 1.165) is 38.7 Å². The highest BCUT2D eigenvalue weighted by Gasteiger charge is 2.55. The summed E-state index contributed by atoms with van der Waals surface area (Å²) < 4.78 is 5.56. The molecule has 1 aliphatic heterocycles. The molecule has 0 amide bonds. The molecule has 3 rings (SSSR count). The fourth-order valence-corrected chi connectivity index (χ4v) is 3.99. The Bertz CT molecular complexity index is 314. The van der Waals surface area contributed by atoms with Crippen molar-refractivity contribution in [2.75, 3.05) is 13.2 Å². The van der Waals surface area contributed by atoms with Gasteiger partial charge >= 0.3 is 5.97 Å². The van der Waals surface area contributed by atoms with E-state index in [1.165, 1.54) is 6.42 Å². The first-order chi connectivity index (χ1) is 8.21. The van der Waals surface area contributed by atoms with Gasteiger partial charge in [-0.15, -0.1) is 0 Å². The van der Waals surface area contributed by atoms with Gasteiger partial charge in [-0.05, 0) is 43.9 Å². The second-order valence-electron chi connectivity index (χ2n) is 5.87. The molecule has 0 aromatic heterocycles. The molecule has 96 valence electrons. The zero-order chi connectivity index (χ0) is 11.9. The molecule has 3 fully saturated rings. The molecule has 0 aromatic carbocycles. The maximum absolute atomic E-state index is 11.6. The first-order valence-electron chi connectivity index (χ1n) is 6.81. The Hall–Kier alpha value is -0.610. The molecule has 4 unspecified atom stereocenters. The fourth-order valence-electron chi connectivity index (χ4n) is 3.99. The molecule has 2 aliphatic carbocycles. The minimum absolute atomic E-state index is 0.227. The van der Waals surface area contributed by atoms with Crippen LogP contribution in [0.4, 0.5) is 0 Å². The zero-order valence-corrected chi connectivity index (χ0v) is 10.2. The maximum atomic E-state index is 11.6. The van der Waals surface area contributed by atoms with Gasteiger partial charge in [-0.2, -0.15) is 0 Å². The summed E-state index contributed by atoms with van der Waals surface area (Å²) in [5.74, 6) is 0.321. The lowest BCUT2D eigenvalue weighted by molar-refractivity contribution is -0.147. The maximum Gasteiger partial charge on any atom is 0.324 e. The van der Waals surface area contributed by atoms with Crippen LogP contribution in [0.15, 0.2) is 0 Å². The van der Waals surface area contributed by atoms with Crippen molar-refractivity contribution in [2.45, 2.75) is 50.2 Å². The summed E-state index contributed by atoms with van der Waals surface area (Å²) in [5, 5.41) is 12.9. The lowest BCUT2D eigenvalue weighted by Gasteiger charge is -2.35. The summed E-state index contributed by atoms with van der Waals surface area (Å²) in [5.41, 5.74) is -0.644. The molecule has 4 atom stereocenters. The Morgan fingerprint density at radius 2 is 2.29 bits per heavy atom. The van der Waals surface area contributed by atoms with Crippen molar-refractivity contribution in [3.63, 3.8) is 0 Å². The molecule has 1 saturated heterocycles. The molecule has 1 heterocycles. The smallest absolute Gasteiger partial charge is 0.324 e. The molecular formula is C13H21NO3. The van der Waals surface area contributed by atoms with E-state index < -0.39 is 11.5 Å². The average molecular weight is 239 g/mol. The fraction of sp³-hybridized carbons (Fsp3) is 0.923. The molecule has 17 heavy (non-hydrogen) atoms. The minimum atomic E-state index is -0.650. The number of rotatable bonds is 4. The van der Waals surface area contributed by atoms with Gasteiger partial charge in [-0.3, -0.25) is 10.1 Å². The van der Waals surface area contributed by atoms with Crippen LogP contribution in [0.1, 0.15) is 38.5 Å². The monoisotopic (exact) mass is 239 g/mol.